The Kier molecular flexibility index (Phi) is 5.75. The maximum absolute atomic E-state index is 13.5. The number of nitrogens with one attached hydrogen (secondary N) is 1. The minimum atomic E-state index is -0.336. The first-order valence-electron chi connectivity index (χ1n) is 10.0. The number of aryl methyl sites for hydroxylation is 1. The Balaban J connectivity index is 1.79. The van der Waals surface area contributed by atoms with Gasteiger partial charge in [-0.2, -0.15) is 4.68 Å². The van der Waals surface area contributed by atoms with Gasteiger partial charge in [0.1, 0.15) is 11.5 Å². The van der Waals surface area contributed by atoms with E-state index in [1.807, 2.05) is 55.5 Å². The van der Waals surface area contributed by atoms with Crippen molar-refractivity contribution in [3.8, 4) is 11.4 Å². The SMILES string of the molecule is Cc1cccc(C(C)C)c1NC(=O)C(=Cc1ccco1)n1nnnc1-c1ccccc1. The zero-order chi connectivity index (χ0) is 21.8. The lowest BCUT2D eigenvalue weighted by Crippen LogP contribution is -2.21. The molecule has 156 valence electrons. The van der Waals surface area contributed by atoms with Gasteiger partial charge >= 0.3 is 0 Å². The van der Waals surface area contributed by atoms with Gasteiger partial charge in [0.2, 0.25) is 0 Å². The third-order valence-corrected chi connectivity index (χ3v) is 4.95. The molecule has 0 radical (unpaired) electrons. The van der Waals surface area contributed by atoms with Crippen LogP contribution in [-0.2, 0) is 4.79 Å². The number of tetrazole rings is 1. The van der Waals surface area contributed by atoms with Crippen molar-refractivity contribution in [2.45, 2.75) is 26.7 Å². The van der Waals surface area contributed by atoms with Crippen molar-refractivity contribution in [3.63, 3.8) is 0 Å². The lowest BCUT2D eigenvalue weighted by atomic mass is 9.98. The van der Waals surface area contributed by atoms with Crippen molar-refractivity contribution in [2.24, 2.45) is 0 Å². The predicted molar refractivity (Wildman–Crippen MR) is 120 cm³/mol. The number of hydrogen-bond donors (Lipinski definition) is 1. The molecule has 0 saturated heterocycles. The molecule has 2 aromatic carbocycles. The second-order valence-corrected chi connectivity index (χ2v) is 7.47. The Morgan fingerprint density at radius 3 is 2.58 bits per heavy atom. The summed E-state index contributed by atoms with van der Waals surface area (Å²) in [6, 6.07) is 19.0. The molecule has 7 heteroatoms. The number of rotatable bonds is 6. The second kappa shape index (κ2) is 8.79. The van der Waals surface area contributed by atoms with Crippen LogP contribution in [0.2, 0.25) is 0 Å². The average molecular weight is 413 g/mol. The lowest BCUT2D eigenvalue weighted by molar-refractivity contribution is -0.111. The third kappa shape index (κ3) is 4.30. The molecule has 0 aliphatic heterocycles. The molecule has 7 nitrogen and oxygen atoms in total. The van der Waals surface area contributed by atoms with Gasteiger partial charge in [-0.15, -0.1) is 5.10 Å². The van der Waals surface area contributed by atoms with Gasteiger partial charge in [-0.3, -0.25) is 4.79 Å². The Morgan fingerprint density at radius 2 is 1.87 bits per heavy atom. The Labute approximate surface area is 180 Å². The average Bonchev–Trinajstić information content (AvgIpc) is 3.45. The van der Waals surface area contributed by atoms with E-state index in [9.17, 15) is 4.79 Å². The molecule has 4 aromatic rings. The summed E-state index contributed by atoms with van der Waals surface area (Å²) in [4.78, 5) is 13.5. The quantitative estimate of drug-likeness (QED) is 0.450. The molecule has 31 heavy (non-hydrogen) atoms. The van der Waals surface area contributed by atoms with Crippen LogP contribution in [0.25, 0.3) is 23.2 Å². The number of aromatic nitrogens is 4. The van der Waals surface area contributed by atoms with E-state index in [4.69, 9.17) is 4.42 Å². The summed E-state index contributed by atoms with van der Waals surface area (Å²) >= 11 is 0. The Morgan fingerprint density at radius 1 is 1.06 bits per heavy atom. The van der Waals surface area contributed by atoms with Crippen LogP contribution in [0.3, 0.4) is 0 Å². The fourth-order valence-electron chi connectivity index (χ4n) is 3.37. The number of carbonyl (C=O) groups excluding carboxylic acids is 1. The van der Waals surface area contributed by atoms with Crippen molar-refractivity contribution >= 4 is 23.4 Å². The van der Waals surface area contributed by atoms with E-state index in [1.54, 1.807) is 24.5 Å². The highest BCUT2D eigenvalue weighted by molar-refractivity contribution is 6.24. The van der Waals surface area contributed by atoms with Crippen LogP contribution < -0.4 is 5.32 Å². The molecule has 0 bridgehead atoms. The highest BCUT2D eigenvalue weighted by atomic mass is 16.3. The van der Waals surface area contributed by atoms with E-state index < -0.39 is 0 Å². The molecule has 0 saturated carbocycles. The number of para-hydroxylation sites is 1. The smallest absolute Gasteiger partial charge is 0.274 e. The maximum Gasteiger partial charge on any atom is 0.274 e. The highest BCUT2D eigenvalue weighted by Crippen LogP contribution is 2.29. The molecule has 1 amide bonds. The summed E-state index contributed by atoms with van der Waals surface area (Å²) in [5, 5.41) is 15.1. The van der Waals surface area contributed by atoms with Crippen LogP contribution in [0, 0.1) is 6.92 Å². The van der Waals surface area contributed by atoms with Crippen LogP contribution in [0.4, 0.5) is 5.69 Å². The number of carbonyl (C=O) groups is 1. The van der Waals surface area contributed by atoms with Crippen molar-refractivity contribution < 1.29 is 9.21 Å². The molecule has 0 aliphatic rings. The number of benzene rings is 2. The van der Waals surface area contributed by atoms with Crippen molar-refractivity contribution in [2.75, 3.05) is 5.32 Å². The first kappa shape index (κ1) is 20.3. The van der Waals surface area contributed by atoms with E-state index in [0.29, 0.717) is 11.6 Å². The fraction of sp³-hybridized carbons (Fsp3) is 0.167. The standard InChI is InChI=1S/C24H23N5O2/c1-16(2)20-13-7-9-17(3)22(20)25-24(30)21(15-19-12-8-14-31-19)29-23(26-27-28-29)18-10-5-4-6-11-18/h4-16H,1-3H3,(H,25,30). The van der Waals surface area contributed by atoms with Gasteiger partial charge in [-0.05, 0) is 46.5 Å². The topological polar surface area (TPSA) is 85.8 Å². The van der Waals surface area contributed by atoms with E-state index in [0.717, 1.165) is 22.4 Å². The number of nitrogens with zero attached hydrogens (tertiary/aromatic N) is 4. The first-order valence-corrected chi connectivity index (χ1v) is 10.0. The molecule has 4 rings (SSSR count). The van der Waals surface area contributed by atoms with Crippen LogP contribution >= 0.6 is 0 Å². The van der Waals surface area contributed by atoms with Crippen molar-refractivity contribution in [1.29, 1.82) is 0 Å². The van der Waals surface area contributed by atoms with Crippen molar-refractivity contribution in [3.05, 3.63) is 83.8 Å². The van der Waals surface area contributed by atoms with Gasteiger partial charge < -0.3 is 9.73 Å². The maximum atomic E-state index is 13.5. The minimum Gasteiger partial charge on any atom is -0.465 e. The summed E-state index contributed by atoms with van der Waals surface area (Å²) in [5.74, 6) is 0.897. The first-order chi connectivity index (χ1) is 15.0. The second-order valence-electron chi connectivity index (χ2n) is 7.47. The van der Waals surface area contributed by atoms with Crippen LogP contribution in [0.15, 0.2) is 71.3 Å². The molecule has 0 unspecified atom stereocenters. The summed E-state index contributed by atoms with van der Waals surface area (Å²) in [6.07, 6.45) is 3.18. The zero-order valence-electron chi connectivity index (χ0n) is 17.6. The predicted octanol–water partition coefficient (Wildman–Crippen LogP) is 5.00. The van der Waals surface area contributed by atoms with Gasteiger partial charge in [-0.25, -0.2) is 0 Å². The summed E-state index contributed by atoms with van der Waals surface area (Å²) < 4.78 is 6.89. The third-order valence-electron chi connectivity index (χ3n) is 4.95. The Bertz CT molecular complexity index is 1210. The van der Waals surface area contributed by atoms with Crippen LogP contribution in [0.5, 0.6) is 0 Å². The molecular formula is C24H23N5O2. The summed E-state index contributed by atoms with van der Waals surface area (Å²) in [7, 11) is 0. The van der Waals surface area contributed by atoms with E-state index in [1.165, 1.54) is 4.68 Å². The van der Waals surface area contributed by atoms with Gasteiger partial charge in [0, 0.05) is 17.3 Å². The molecule has 2 aromatic heterocycles. The molecule has 0 aliphatic carbocycles. The Hall–Kier alpha value is -4.00. The highest BCUT2D eigenvalue weighted by Gasteiger charge is 2.21. The van der Waals surface area contributed by atoms with Gasteiger partial charge in [-0.1, -0.05) is 62.4 Å². The number of anilines is 1. The number of furan rings is 1. The molecule has 1 N–H and O–H groups in total. The molecule has 0 fully saturated rings. The minimum absolute atomic E-state index is 0.247. The van der Waals surface area contributed by atoms with Crippen LogP contribution in [0.1, 0.15) is 36.7 Å². The summed E-state index contributed by atoms with van der Waals surface area (Å²) in [6.45, 7) is 6.17. The van der Waals surface area contributed by atoms with Gasteiger partial charge in [0.25, 0.3) is 5.91 Å². The van der Waals surface area contributed by atoms with E-state index in [2.05, 4.69) is 34.7 Å². The molecule has 0 atom stereocenters. The van der Waals surface area contributed by atoms with Gasteiger partial charge in [0.15, 0.2) is 5.82 Å². The fourth-order valence-corrected chi connectivity index (χ4v) is 3.37. The van der Waals surface area contributed by atoms with E-state index in [-0.39, 0.29) is 17.5 Å². The normalized spacial score (nSPS) is 11.7. The monoisotopic (exact) mass is 413 g/mol. The van der Waals surface area contributed by atoms with Gasteiger partial charge in [0.05, 0.1) is 6.26 Å². The largest absolute Gasteiger partial charge is 0.465 e. The number of amides is 1. The van der Waals surface area contributed by atoms with E-state index >= 15 is 0 Å². The summed E-state index contributed by atoms with van der Waals surface area (Å²) in [5.41, 5.74) is 3.88. The molecule has 2 heterocycles. The zero-order valence-corrected chi connectivity index (χ0v) is 17.6. The molecule has 0 spiro atoms. The van der Waals surface area contributed by atoms with Crippen molar-refractivity contribution in [1.82, 2.24) is 20.2 Å². The van der Waals surface area contributed by atoms with Crippen LogP contribution in [-0.4, -0.2) is 26.1 Å². The number of hydrogen-bond acceptors (Lipinski definition) is 5. The molecular weight excluding hydrogens is 390 g/mol. The lowest BCUT2D eigenvalue weighted by Gasteiger charge is -2.17.